The molecule has 7 heteroatoms. The van der Waals surface area contributed by atoms with Gasteiger partial charge in [0.25, 0.3) is 0 Å². The van der Waals surface area contributed by atoms with Crippen LogP contribution in [0.1, 0.15) is 26.3 Å². The highest BCUT2D eigenvalue weighted by Crippen LogP contribution is 2.16. The van der Waals surface area contributed by atoms with Crippen LogP contribution in [0.2, 0.25) is 0 Å². The summed E-state index contributed by atoms with van der Waals surface area (Å²) in [5.41, 5.74) is -1.11. The second-order valence-corrected chi connectivity index (χ2v) is 2.94. The monoisotopic (exact) mass is 225 g/mol. The highest BCUT2D eigenvalue weighted by atomic mass is 16.6. The van der Waals surface area contributed by atoms with Crippen molar-refractivity contribution in [2.45, 2.75) is 6.54 Å². The van der Waals surface area contributed by atoms with E-state index in [0.717, 1.165) is 6.07 Å². The Balaban J connectivity index is 3.38. The van der Waals surface area contributed by atoms with Crippen LogP contribution in [0.5, 0.6) is 0 Å². The van der Waals surface area contributed by atoms with E-state index in [4.69, 9.17) is 10.2 Å². The molecule has 0 bridgehead atoms. The summed E-state index contributed by atoms with van der Waals surface area (Å²) in [6.07, 6.45) is 0. The Kier molecular flexibility index (Phi) is 3.19. The number of carboxylic acid groups (broad SMARTS) is 2. The van der Waals surface area contributed by atoms with Gasteiger partial charge in [-0.25, -0.2) is 9.59 Å². The van der Waals surface area contributed by atoms with Gasteiger partial charge in [-0.3, -0.25) is 10.1 Å². The van der Waals surface area contributed by atoms with E-state index in [9.17, 15) is 19.7 Å². The van der Waals surface area contributed by atoms with E-state index in [0.29, 0.717) is 0 Å². The molecule has 16 heavy (non-hydrogen) atoms. The third-order valence-corrected chi connectivity index (χ3v) is 1.89. The lowest BCUT2D eigenvalue weighted by atomic mass is 10.0. The number of benzene rings is 1. The van der Waals surface area contributed by atoms with Crippen LogP contribution in [-0.4, -0.2) is 27.1 Å². The Bertz CT molecular complexity index is 467. The summed E-state index contributed by atoms with van der Waals surface area (Å²) >= 11 is 0. The maximum Gasteiger partial charge on any atom is 0.337 e. The lowest BCUT2D eigenvalue weighted by molar-refractivity contribution is -0.496. The Morgan fingerprint density at radius 2 is 1.88 bits per heavy atom. The number of rotatable bonds is 4. The van der Waals surface area contributed by atoms with Crippen molar-refractivity contribution in [2.24, 2.45) is 0 Å². The van der Waals surface area contributed by atoms with E-state index in [1.807, 2.05) is 0 Å². The summed E-state index contributed by atoms with van der Waals surface area (Å²) in [6.45, 7) is -0.719. The third-order valence-electron chi connectivity index (χ3n) is 1.89. The maximum atomic E-state index is 10.8. The van der Waals surface area contributed by atoms with E-state index >= 15 is 0 Å². The molecule has 2 N–H and O–H groups in total. The van der Waals surface area contributed by atoms with Crippen LogP contribution in [0.25, 0.3) is 0 Å². The molecule has 0 amide bonds. The van der Waals surface area contributed by atoms with Gasteiger partial charge in [-0.1, -0.05) is 12.1 Å². The van der Waals surface area contributed by atoms with Gasteiger partial charge < -0.3 is 10.2 Å². The molecule has 0 heterocycles. The van der Waals surface area contributed by atoms with Crippen molar-refractivity contribution >= 4 is 11.9 Å². The van der Waals surface area contributed by atoms with Crippen molar-refractivity contribution < 1.29 is 24.7 Å². The summed E-state index contributed by atoms with van der Waals surface area (Å²) in [7, 11) is 0. The molecule has 0 aromatic heterocycles. The molecule has 1 aromatic rings. The van der Waals surface area contributed by atoms with Gasteiger partial charge in [-0.15, -0.1) is 0 Å². The Labute approximate surface area is 89.1 Å². The van der Waals surface area contributed by atoms with E-state index in [-0.39, 0.29) is 5.56 Å². The first-order valence-corrected chi connectivity index (χ1v) is 4.13. The molecule has 1 aromatic carbocycles. The van der Waals surface area contributed by atoms with Gasteiger partial charge in [-0.2, -0.15) is 0 Å². The molecule has 0 saturated heterocycles. The zero-order valence-corrected chi connectivity index (χ0v) is 7.91. The smallest absolute Gasteiger partial charge is 0.337 e. The van der Waals surface area contributed by atoms with Crippen LogP contribution in [0.3, 0.4) is 0 Å². The van der Waals surface area contributed by atoms with E-state index < -0.39 is 34.5 Å². The molecule has 0 aliphatic rings. The van der Waals surface area contributed by atoms with Crippen molar-refractivity contribution in [2.75, 3.05) is 0 Å². The first kappa shape index (κ1) is 11.6. The maximum absolute atomic E-state index is 10.8. The second kappa shape index (κ2) is 4.39. The number of hydrogen-bond acceptors (Lipinski definition) is 4. The SMILES string of the molecule is O=C(O)c1cccc(C[N+](=O)[O-])c1C(=O)O. The van der Waals surface area contributed by atoms with Gasteiger partial charge in [0.05, 0.1) is 11.1 Å². The number of carbonyl (C=O) groups is 2. The standard InChI is InChI=1S/C9H7NO6/c11-8(12)6-3-1-2-5(4-10(15)16)7(6)9(13)14/h1-3H,4H2,(H,11,12)(H,13,14). The number of hydrogen-bond donors (Lipinski definition) is 2. The molecule has 0 radical (unpaired) electrons. The molecule has 0 atom stereocenters. The molecule has 0 saturated carbocycles. The first-order valence-electron chi connectivity index (χ1n) is 4.13. The molecule has 0 aliphatic heterocycles. The predicted molar refractivity (Wildman–Crippen MR) is 51.1 cm³/mol. The molecule has 0 fully saturated rings. The molecule has 1 rings (SSSR count). The Hall–Kier alpha value is -2.44. The third kappa shape index (κ3) is 2.32. The van der Waals surface area contributed by atoms with Crippen LogP contribution in [-0.2, 0) is 6.54 Å². The van der Waals surface area contributed by atoms with Gasteiger partial charge in [0.15, 0.2) is 0 Å². The van der Waals surface area contributed by atoms with Gasteiger partial charge in [0.1, 0.15) is 0 Å². The zero-order chi connectivity index (χ0) is 12.3. The highest BCUT2D eigenvalue weighted by Gasteiger charge is 2.21. The lowest BCUT2D eigenvalue weighted by Gasteiger charge is -2.05. The van der Waals surface area contributed by atoms with E-state index in [1.54, 1.807) is 0 Å². The quantitative estimate of drug-likeness (QED) is 0.579. The molecular formula is C9H7NO6. The van der Waals surface area contributed by atoms with Crippen LogP contribution < -0.4 is 0 Å². The minimum absolute atomic E-state index is 0.127. The first-order chi connectivity index (χ1) is 7.43. The summed E-state index contributed by atoms with van der Waals surface area (Å²) in [4.78, 5) is 31.1. The summed E-state index contributed by atoms with van der Waals surface area (Å²) in [6, 6.07) is 3.59. The summed E-state index contributed by atoms with van der Waals surface area (Å²) < 4.78 is 0. The number of nitro groups is 1. The van der Waals surface area contributed by atoms with E-state index in [1.165, 1.54) is 12.1 Å². The van der Waals surface area contributed by atoms with Gasteiger partial charge in [-0.05, 0) is 6.07 Å². The number of carboxylic acids is 2. The predicted octanol–water partition coefficient (Wildman–Crippen LogP) is 0.860. The highest BCUT2D eigenvalue weighted by molar-refractivity contribution is 6.02. The fourth-order valence-electron chi connectivity index (χ4n) is 1.30. The van der Waals surface area contributed by atoms with Crippen molar-refractivity contribution in [1.82, 2.24) is 0 Å². The summed E-state index contributed by atoms with van der Waals surface area (Å²) in [5, 5.41) is 27.9. The largest absolute Gasteiger partial charge is 0.478 e. The molecule has 0 aliphatic carbocycles. The van der Waals surface area contributed by atoms with Crippen LogP contribution in [0, 0.1) is 10.1 Å². The number of nitrogens with zero attached hydrogens (tertiary/aromatic N) is 1. The average molecular weight is 225 g/mol. The van der Waals surface area contributed by atoms with Gasteiger partial charge in [0.2, 0.25) is 6.54 Å². The molecule has 84 valence electrons. The topological polar surface area (TPSA) is 118 Å². The van der Waals surface area contributed by atoms with Crippen molar-refractivity contribution in [3.63, 3.8) is 0 Å². The van der Waals surface area contributed by atoms with Crippen molar-refractivity contribution in [3.05, 3.63) is 45.0 Å². The summed E-state index contributed by atoms with van der Waals surface area (Å²) in [5.74, 6) is -2.92. The van der Waals surface area contributed by atoms with Gasteiger partial charge in [0, 0.05) is 10.5 Å². The number of aromatic carboxylic acids is 2. The molecule has 0 unspecified atom stereocenters. The van der Waals surface area contributed by atoms with Crippen molar-refractivity contribution in [3.8, 4) is 0 Å². The van der Waals surface area contributed by atoms with Crippen LogP contribution in [0.4, 0.5) is 0 Å². The zero-order valence-electron chi connectivity index (χ0n) is 7.91. The van der Waals surface area contributed by atoms with E-state index in [2.05, 4.69) is 0 Å². The van der Waals surface area contributed by atoms with Crippen LogP contribution >= 0.6 is 0 Å². The van der Waals surface area contributed by atoms with Gasteiger partial charge >= 0.3 is 11.9 Å². The average Bonchev–Trinajstić information content (AvgIpc) is 2.15. The normalized spacial score (nSPS) is 9.75. The molecular weight excluding hydrogens is 218 g/mol. The minimum atomic E-state index is -1.49. The fourth-order valence-corrected chi connectivity index (χ4v) is 1.30. The minimum Gasteiger partial charge on any atom is -0.478 e. The second-order valence-electron chi connectivity index (χ2n) is 2.94. The Morgan fingerprint density at radius 3 is 2.31 bits per heavy atom. The van der Waals surface area contributed by atoms with Crippen molar-refractivity contribution in [1.29, 1.82) is 0 Å². The lowest BCUT2D eigenvalue weighted by Crippen LogP contribution is -2.13. The molecule has 0 spiro atoms. The molecule has 7 nitrogen and oxygen atoms in total. The van der Waals surface area contributed by atoms with Crippen LogP contribution in [0.15, 0.2) is 18.2 Å². The fraction of sp³-hybridized carbons (Fsp3) is 0.111. The Morgan fingerprint density at radius 1 is 1.25 bits per heavy atom.